The molecule has 0 saturated carbocycles. The van der Waals surface area contributed by atoms with Gasteiger partial charge < -0.3 is 73.5 Å². The Labute approximate surface area is 544 Å². The number of ether oxygens (including phenoxy) is 2. The van der Waals surface area contributed by atoms with Crippen LogP contribution in [0.3, 0.4) is 0 Å². The summed E-state index contributed by atoms with van der Waals surface area (Å²) in [5.41, 5.74) is 7.65. The summed E-state index contributed by atoms with van der Waals surface area (Å²) in [6, 6.07) is 26.8. The number of rotatable bonds is 14. The van der Waals surface area contributed by atoms with Crippen molar-refractivity contribution < 1.29 is 114 Å². The van der Waals surface area contributed by atoms with Gasteiger partial charge in [0.1, 0.15) is 40.4 Å². The zero-order chi connectivity index (χ0) is 65.9. The quantitative estimate of drug-likeness (QED) is 0.0234. The molecule has 0 saturated heterocycles. The third kappa shape index (κ3) is 29.4. The fourth-order valence-corrected chi connectivity index (χ4v) is 6.61. The third-order valence-electron chi connectivity index (χ3n) is 10.4. The molecule has 32 heteroatoms. The van der Waals surface area contributed by atoms with Crippen molar-refractivity contribution in [3.05, 3.63) is 133 Å². The molecule has 4 aromatic heterocycles. The summed E-state index contributed by atoms with van der Waals surface area (Å²) in [4.78, 5) is 87.0. The van der Waals surface area contributed by atoms with Crippen LogP contribution in [0.2, 0.25) is 0 Å². The standard InChI is InChI=1S/C25H25F3N6O2.C22H19F3N6O2.C4H6O4.C3H6O.C2H3BO2.CH4O.2CH4.Na/c1-15(2)30-14-23(35)33-22-13-19(10-11-29-22)36-18-8-9-21-20(12-18)32-24(34(21)3)31-17-6-4-16(5-7-17)25(26,27)28;1-31-18-7-6-15(33-16-8-9-27-19(11-16)30-20(32)12-26)10-17(18)29-21(31)28-14-4-2-13(3-5-14)22(23,24)25;1-3(5)7-8-4(2)6;1-3(2)4;1-2(4)5-3;1-2;;;/h4-13,15,30H,14H2,1-3H3,(H,31,32)(H,29,33,35);2-11H,12,26H2,1H3,(H,28,29)(H,27,30,32);1-2H3;1-2H3;1H3;2H,1H3;2*1H4;/q;;;;-1;;;;+1. The van der Waals surface area contributed by atoms with E-state index in [1.54, 1.807) is 71.8 Å². The molecule has 8 rings (SSSR count). The van der Waals surface area contributed by atoms with Crippen LogP contribution in [0.1, 0.15) is 74.4 Å². The number of pyridine rings is 2. The number of hydrogen-bond donors (Lipinski definition) is 7. The van der Waals surface area contributed by atoms with Crippen LogP contribution in [0, 0.1) is 0 Å². The smallest absolute Gasteiger partial charge is 0.793 e. The summed E-state index contributed by atoms with van der Waals surface area (Å²) in [5.74, 6) is 1.39. The van der Waals surface area contributed by atoms with E-state index in [1.807, 2.05) is 26.0 Å². The van der Waals surface area contributed by atoms with Gasteiger partial charge in [0.15, 0.2) is 0 Å². The Morgan fingerprint density at radius 2 is 0.912 bits per heavy atom. The van der Waals surface area contributed by atoms with Crippen molar-refractivity contribution >= 4 is 101 Å². The van der Waals surface area contributed by atoms with Gasteiger partial charge in [-0.05, 0) is 98.8 Å². The number of ketones is 1. The second-order valence-corrected chi connectivity index (χ2v) is 18.2. The number of alkyl halides is 6. The summed E-state index contributed by atoms with van der Waals surface area (Å²) >= 11 is 0. The first kappa shape index (κ1) is 81.9. The maximum absolute atomic E-state index is 12.8. The molecule has 0 aliphatic heterocycles. The molecular weight excluding hydrogens is 1220 g/mol. The molecule has 2 amide bonds. The predicted molar refractivity (Wildman–Crippen MR) is 328 cm³/mol. The number of anilines is 6. The van der Waals surface area contributed by atoms with Crippen LogP contribution in [-0.2, 0) is 69.6 Å². The fourth-order valence-electron chi connectivity index (χ4n) is 6.61. The molecule has 0 atom stereocenters. The van der Waals surface area contributed by atoms with Gasteiger partial charge in [-0.1, -0.05) is 28.7 Å². The van der Waals surface area contributed by atoms with E-state index < -0.39 is 41.4 Å². The molecule has 8 N–H and O–H groups in total. The van der Waals surface area contributed by atoms with Crippen molar-refractivity contribution in [2.45, 2.75) is 81.7 Å². The van der Waals surface area contributed by atoms with Crippen LogP contribution < -0.4 is 71.3 Å². The molecule has 0 bridgehead atoms. The summed E-state index contributed by atoms with van der Waals surface area (Å²) in [6.07, 6.45) is -5.75. The van der Waals surface area contributed by atoms with Gasteiger partial charge >= 0.3 is 53.8 Å². The third-order valence-corrected chi connectivity index (χ3v) is 10.4. The van der Waals surface area contributed by atoms with Crippen LogP contribution in [0.4, 0.5) is 61.2 Å². The van der Waals surface area contributed by atoms with Crippen molar-refractivity contribution in [2.24, 2.45) is 19.8 Å². The van der Waals surface area contributed by atoms with Gasteiger partial charge in [0.25, 0.3) is 0 Å². The van der Waals surface area contributed by atoms with E-state index in [9.17, 15) is 55.1 Å². The number of fused-ring (bicyclic) bond motifs is 2. The minimum atomic E-state index is -4.39. The van der Waals surface area contributed by atoms with Gasteiger partial charge in [0, 0.05) is 96.1 Å². The Hall–Kier alpha value is -9.14. The SMILES string of the molecule is C.C.CC(=O)OOC(C)=O.CC(C)=O.CC(C)NCC(=O)Nc1cc(Oc2ccc3c(c2)nc(Nc2ccc(C(F)(F)F)cc2)n3C)ccn1.CO.Cn1c(Nc2ccc(C(F)(F)F)cc2)nc2cc(Oc3ccnc(NC(=O)CN)c3)ccc21.[B-]OC(C)=O.[Na+]. The number of aliphatic hydroxyl groups is 1. The summed E-state index contributed by atoms with van der Waals surface area (Å²) < 4.78 is 95.7. The van der Waals surface area contributed by atoms with E-state index in [4.69, 9.17) is 20.3 Å². The van der Waals surface area contributed by atoms with Crippen molar-refractivity contribution in [1.29, 1.82) is 0 Å². The number of nitrogens with one attached hydrogen (secondary N) is 5. The Kier molecular flexibility index (Phi) is 35.8. The van der Waals surface area contributed by atoms with Gasteiger partial charge in [-0.25, -0.2) is 39.3 Å². The van der Waals surface area contributed by atoms with Crippen molar-refractivity contribution in [1.82, 2.24) is 34.4 Å². The molecule has 0 unspecified atom stereocenters. The molecule has 4 heterocycles. The van der Waals surface area contributed by atoms with Crippen LogP contribution >= 0.6 is 0 Å². The summed E-state index contributed by atoms with van der Waals surface area (Å²) in [7, 11) is 8.91. The Morgan fingerprint density at radius 3 is 1.22 bits per heavy atom. The second-order valence-electron chi connectivity index (χ2n) is 18.2. The maximum atomic E-state index is 12.8. The van der Waals surface area contributed by atoms with E-state index >= 15 is 0 Å². The molecule has 0 fully saturated rings. The zero-order valence-electron chi connectivity index (χ0n) is 50.1. The topological polar surface area (TPSA) is 316 Å². The molecule has 485 valence electrons. The van der Waals surface area contributed by atoms with E-state index in [1.165, 1.54) is 57.4 Å². The normalized spacial score (nSPS) is 10.2. The van der Waals surface area contributed by atoms with Crippen LogP contribution in [0.25, 0.3) is 22.1 Å². The van der Waals surface area contributed by atoms with Gasteiger partial charge in [0.05, 0.1) is 46.3 Å². The minimum Gasteiger partial charge on any atom is -0.793 e. The minimum absolute atomic E-state index is 0. The summed E-state index contributed by atoms with van der Waals surface area (Å²) in [5, 5.41) is 21.4. The van der Waals surface area contributed by atoms with Crippen molar-refractivity contribution in [2.75, 3.05) is 41.5 Å². The summed E-state index contributed by atoms with van der Waals surface area (Å²) in [6.45, 7) is 10.5. The number of Topliss-reactive ketones (excluding diaryl/α,β-unsaturated/α-hetero) is 1. The number of halogens is 6. The van der Waals surface area contributed by atoms with Crippen molar-refractivity contribution in [3.63, 3.8) is 0 Å². The average molecular weight is 1290 g/mol. The molecule has 91 heavy (non-hydrogen) atoms. The Balaban J connectivity index is 0.00000136. The average Bonchev–Trinajstić information content (AvgIpc) is 2.06. The molecular formula is C59H71BF6N12NaO12. The number of imidazole rings is 2. The number of aryl methyl sites for hydroxylation is 2. The monoisotopic (exact) mass is 1290 g/mol. The molecule has 3 radical (unpaired) electrons. The number of carbonyl (C=O) groups is 6. The molecule has 0 aliphatic carbocycles. The largest absolute Gasteiger partial charge is 1.00 e. The number of benzene rings is 4. The molecule has 0 spiro atoms. The van der Waals surface area contributed by atoms with E-state index in [2.05, 4.69) is 69.0 Å². The number of aliphatic hydroxyl groups excluding tert-OH is 1. The van der Waals surface area contributed by atoms with Gasteiger partial charge in [-0.3, -0.25) is 14.4 Å². The second kappa shape index (κ2) is 39.8. The number of hydrogen-bond acceptors (Lipinski definition) is 20. The number of nitrogens with two attached hydrogens (primary N) is 1. The van der Waals surface area contributed by atoms with E-state index in [-0.39, 0.29) is 81.1 Å². The van der Waals surface area contributed by atoms with Gasteiger partial charge in [-0.2, -0.15) is 26.3 Å². The first-order valence-electron chi connectivity index (χ1n) is 25.7. The first-order chi connectivity index (χ1) is 41.4. The van der Waals surface area contributed by atoms with E-state index in [0.29, 0.717) is 68.9 Å². The van der Waals surface area contributed by atoms with Crippen molar-refractivity contribution in [3.8, 4) is 23.0 Å². The van der Waals surface area contributed by atoms with Crippen LogP contribution in [0.5, 0.6) is 23.0 Å². The molecule has 24 nitrogen and oxygen atoms in total. The maximum Gasteiger partial charge on any atom is 1.00 e. The fraction of sp³-hybridized carbons (Fsp3) is 0.288. The molecule has 8 aromatic rings. The van der Waals surface area contributed by atoms with E-state index in [0.717, 1.165) is 56.3 Å². The van der Waals surface area contributed by atoms with Gasteiger partial charge in [-0.15, -0.1) is 0 Å². The number of amides is 2. The van der Waals surface area contributed by atoms with Gasteiger partial charge in [0.2, 0.25) is 29.7 Å². The molecule has 4 aromatic carbocycles. The molecule has 0 aliphatic rings. The number of aromatic nitrogens is 6. The first-order valence-corrected chi connectivity index (χ1v) is 25.7. The number of nitrogens with zero attached hydrogens (tertiary/aromatic N) is 6. The Bertz CT molecular complexity index is 3600. The zero-order valence-corrected chi connectivity index (χ0v) is 52.1. The predicted octanol–water partition coefficient (Wildman–Crippen LogP) is 8.02. The Morgan fingerprint density at radius 1 is 0.571 bits per heavy atom. The number of carbonyl (C=O) groups excluding carboxylic acids is 6. The van der Waals surface area contributed by atoms with Crippen LogP contribution in [0.15, 0.2) is 122 Å². The van der Waals surface area contributed by atoms with Crippen LogP contribution in [-0.4, -0.2) is 104 Å².